The van der Waals surface area contributed by atoms with Crippen LogP contribution in [0.4, 0.5) is 0 Å². The Morgan fingerprint density at radius 3 is 2.36 bits per heavy atom. The summed E-state index contributed by atoms with van der Waals surface area (Å²) < 4.78 is 0. The van der Waals surface area contributed by atoms with Crippen molar-refractivity contribution in [3.63, 3.8) is 0 Å². The van der Waals surface area contributed by atoms with Crippen LogP contribution in [0.25, 0.3) is 0 Å². The van der Waals surface area contributed by atoms with Crippen molar-refractivity contribution in [1.82, 2.24) is 4.81 Å². The lowest BCUT2D eigenvalue weighted by Gasteiger charge is -2.38. The second kappa shape index (κ2) is 3.18. The largest absolute Gasteiger partial charge is 0.348 e. The fourth-order valence-electron chi connectivity index (χ4n) is 1.87. The second-order valence-electron chi connectivity index (χ2n) is 4.97. The Morgan fingerprint density at radius 1 is 1.36 bits per heavy atom. The van der Waals surface area contributed by atoms with Crippen molar-refractivity contribution in [2.45, 2.75) is 33.6 Å². The quantitative estimate of drug-likeness (QED) is 0.474. The molecule has 1 unspecified atom stereocenters. The number of piperidine rings is 1. The molecule has 1 aliphatic heterocycles. The van der Waals surface area contributed by atoms with Crippen molar-refractivity contribution in [2.24, 2.45) is 11.3 Å². The van der Waals surface area contributed by atoms with Crippen molar-refractivity contribution in [1.29, 1.82) is 0 Å². The molecule has 1 rings (SSSR count). The summed E-state index contributed by atoms with van der Waals surface area (Å²) in [4.78, 5) is 2.46. The van der Waals surface area contributed by atoms with Gasteiger partial charge >= 0.3 is 0 Å². The zero-order valence-corrected chi connectivity index (χ0v) is 8.35. The monoisotopic (exact) mass is 153 g/mol. The maximum Gasteiger partial charge on any atom is 0.185 e. The van der Waals surface area contributed by atoms with Crippen LogP contribution in [-0.2, 0) is 0 Å². The Hall–Kier alpha value is 0.0249. The minimum absolute atomic E-state index is 0.509. The Bertz CT molecular complexity index is 128. The van der Waals surface area contributed by atoms with E-state index in [1.54, 1.807) is 0 Å². The summed E-state index contributed by atoms with van der Waals surface area (Å²) in [5, 5.41) is 0. The zero-order valence-electron chi connectivity index (χ0n) is 8.35. The topological polar surface area (TPSA) is 3.24 Å². The summed E-state index contributed by atoms with van der Waals surface area (Å²) >= 11 is 0. The van der Waals surface area contributed by atoms with Crippen molar-refractivity contribution in [3.8, 4) is 0 Å². The Kier molecular flexibility index (Phi) is 2.63. The van der Waals surface area contributed by atoms with E-state index in [0.717, 1.165) is 5.92 Å². The van der Waals surface area contributed by atoms with Gasteiger partial charge in [0, 0.05) is 0 Å². The first-order valence-electron chi connectivity index (χ1n) is 4.68. The first kappa shape index (κ1) is 9.12. The summed E-state index contributed by atoms with van der Waals surface area (Å²) in [7, 11) is 2.23. The third-order valence-corrected chi connectivity index (χ3v) is 2.85. The molecule has 0 saturated carbocycles. The molecule has 0 N–H and O–H groups in total. The fourth-order valence-corrected chi connectivity index (χ4v) is 1.87. The molecule has 1 heterocycles. The molecule has 2 heteroatoms. The third-order valence-electron chi connectivity index (χ3n) is 2.85. The summed E-state index contributed by atoms with van der Waals surface area (Å²) in [6.45, 7) is 9.67. The lowest BCUT2D eigenvalue weighted by Crippen LogP contribution is -2.39. The van der Waals surface area contributed by atoms with Gasteiger partial charge in [-0.15, -0.1) is 0 Å². The predicted molar refractivity (Wildman–Crippen MR) is 52.3 cm³/mol. The van der Waals surface area contributed by atoms with Gasteiger partial charge in [-0.2, -0.15) is 0 Å². The van der Waals surface area contributed by atoms with Gasteiger partial charge in [0.15, 0.2) is 7.98 Å². The lowest BCUT2D eigenvalue weighted by atomic mass is 9.76. The van der Waals surface area contributed by atoms with Crippen LogP contribution in [0.15, 0.2) is 0 Å². The molecule has 0 aromatic heterocycles. The lowest BCUT2D eigenvalue weighted by molar-refractivity contribution is 0.150. The molecule has 64 valence electrons. The molecule has 0 spiro atoms. The Labute approximate surface area is 71.6 Å². The van der Waals surface area contributed by atoms with E-state index in [1.807, 2.05) is 0 Å². The molecule has 1 nitrogen and oxygen atoms in total. The van der Waals surface area contributed by atoms with Crippen molar-refractivity contribution >= 4 is 7.98 Å². The summed E-state index contributed by atoms with van der Waals surface area (Å²) in [6.07, 6.45) is 2.81. The molecule has 0 amide bonds. The number of hydrogen-bond donors (Lipinski definition) is 0. The predicted octanol–water partition coefficient (Wildman–Crippen LogP) is 1.29. The summed E-state index contributed by atoms with van der Waals surface area (Å²) in [6, 6.07) is 0. The maximum atomic E-state index is 2.46. The van der Waals surface area contributed by atoms with E-state index in [0.29, 0.717) is 5.41 Å². The van der Waals surface area contributed by atoms with Crippen LogP contribution >= 0.6 is 0 Å². The van der Waals surface area contributed by atoms with Crippen LogP contribution in [-0.4, -0.2) is 25.9 Å². The number of rotatable bonds is 0. The highest BCUT2D eigenvalue weighted by atomic mass is 15.0. The number of nitrogens with zero attached hydrogens (tertiary/aromatic N) is 1. The van der Waals surface area contributed by atoms with Crippen LogP contribution in [0.5, 0.6) is 0 Å². The van der Waals surface area contributed by atoms with Crippen LogP contribution in [0.3, 0.4) is 0 Å². The average Bonchev–Trinajstić information content (AvgIpc) is 1.86. The van der Waals surface area contributed by atoms with Gasteiger partial charge < -0.3 is 4.81 Å². The van der Waals surface area contributed by atoms with E-state index < -0.39 is 0 Å². The minimum atomic E-state index is 0.509. The van der Waals surface area contributed by atoms with E-state index in [1.165, 1.54) is 25.9 Å². The highest BCUT2D eigenvalue weighted by Gasteiger charge is 2.27. The van der Waals surface area contributed by atoms with Gasteiger partial charge in [-0.05, 0) is 37.3 Å². The molecule has 0 aromatic rings. The molecule has 1 atom stereocenters. The average molecular weight is 153 g/mol. The fraction of sp³-hybridized carbons (Fsp3) is 1.00. The molecule has 0 aromatic carbocycles. The van der Waals surface area contributed by atoms with Crippen LogP contribution in [0.2, 0.25) is 0 Å². The molecule has 0 aliphatic carbocycles. The van der Waals surface area contributed by atoms with Gasteiger partial charge in [0.25, 0.3) is 0 Å². The SMILES string of the molecule is BN1CCCC(C(C)(C)C)C1. The van der Waals surface area contributed by atoms with E-state index in [2.05, 4.69) is 33.6 Å². The van der Waals surface area contributed by atoms with E-state index in [4.69, 9.17) is 0 Å². The molecule has 0 bridgehead atoms. The van der Waals surface area contributed by atoms with Gasteiger partial charge in [-0.25, -0.2) is 0 Å². The normalized spacial score (nSPS) is 28.8. The summed E-state index contributed by atoms with van der Waals surface area (Å²) in [5.74, 6) is 0.904. The highest BCUT2D eigenvalue weighted by Crippen LogP contribution is 2.32. The van der Waals surface area contributed by atoms with Crippen LogP contribution < -0.4 is 0 Å². The smallest absolute Gasteiger partial charge is 0.185 e. The zero-order chi connectivity index (χ0) is 8.48. The molecular formula is C9H20BN. The van der Waals surface area contributed by atoms with Crippen molar-refractivity contribution in [2.75, 3.05) is 13.1 Å². The van der Waals surface area contributed by atoms with E-state index in [9.17, 15) is 0 Å². The van der Waals surface area contributed by atoms with Gasteiger partial charge in [0.05, 0.1) is 0 Å². The van der Waals surface area contributed by atoms with E-state index >= 15 is 0 Å². The molecule has 11 heavy (non-hydrogen) atoms. The molecule has 1 saturated heterocycles. The molecule has 0 radical (unpaired) electrons. The van der Waals surface area contributed by atoms with Gasteiger partial charge in [-0.3, -0.25) is 0 Å². The Morgan fingerprint density at radius 2 is 2.00 bits per heavy atom. The van der Waals surface area contributed by atoms with Gasteiger partial charge in [0.2, 0.25) is 0 Å². The second-order valence-corrected chi connectivity index (χ2v) is 4.97. The van der Waals surface area contributed by atoms with E-state index in [-0.39, 0.29) is 0 Å². The third kappa shape index (κ3) is 2.51. The highest BCUT2D eigenvalue weighted by molar-refractivity contribution is 6.04. The number of hydrogen-bond acceptors (Lipinski definition) is 1. The van der Waals surface area contributed by atoms with Crippen LogP contribution in [0, 0.1) is 11.3 Å². The van der Waals surface area contributed by atoms with Crippen molar-refractivity contribution in [3.05, 3.63) is 0 Å². The van der Waals surface area contributed by atoms with Crippen LogP contribution in [0.1, 0.15) is 33.6 Å². The molecule has 1 aliphatic rings. The first-order valence-corrected chi connectivity index (χ1v) is 4.68. The Balaban J connectivity index is 2.46. The van der Waals surface area contributed by atoms with Gasteiger partial charge in [-0.1, -0.05) is 20.8 Å². The standard InChI is InChI=1S/C9H20BN/c1-9(2,3)8-5-4-6-11(10)7-8/h8H,4-7,10H2,1-3H3. The first-order chi connectivity index (χ1) is 5.00. The molecule has 1 fully saturated rings. The summed E-state index contributed by atoms with van der Waals surface area (Å²) in [5.41, 5.74) is 0.509. The van der Waals surface area contributed by atoms with Crippen molar-refractivity contribution < 1.29 is 0 Å². The minimum Gasteiger partial charge on any atom is -0.348 e. The van der Waals surface area contributed by atoms with Gasteiger partial charge in [0.1, 0.15) is 0 Å². The maximum absolute atomic E-state index is 2.46. The molecular weight excluding hydrogens is 133 g/mol.